The van der Waals surface area contributed by atoms with Gasteiger partial charge in [-0.25, -0.2) is 9.37 Å². The number of hydrogen-bond donors (Lipinski definition) is 0. The number of halogens is 3. The van der Waals surface area contributed by atoms with Crippen LogP contribution in [0.3, 0.4) is 0 Å². The van der Waals surface area contributed by atoms with E-state index in [1.54, 1.807) is 6.92 Å². The Bertz CT molecular complexity index is 471. The predicted molar refractivity (Wildman–Crippen MR) is 63.6 cm³/mol. The van der Waals surface area contributed by atoms with Gasteiger partial charge in [-0.15, -0.1) is 0 Å². The minimum absolute atomic E-state index is 0.0414. The lowest BCUT2D eigenvalue weighted by atomic mass is 9.83. The molecule has 0 bridgehead atoms. The predicted octanol–water partition coefficient (Wildman–Crippen LogP) is 2.83. The summed E-state index contributed by atoms with van der Waals surface area (Å²) in [5.74, 6) is -0.863. The summed E-state index contributed by atoms with van der Waals surface area (Å²) in [6.07, 6.45) is 1.19. The molecule has 0 N–H and O–H groups in total. The van der Waals surface area contributed by atoms with Crippen LogP contribution in [0.15, 0.2) is 12.3 Å². The number of aromatic nitrogens is 1. The summed E-state index contributed by atoms with van der Waals surface area (Å²) in [4.78, 5) is 3.44. The molecule has 0 saturated carbocycles. The fourth-order valence-corrected chi connectivity index (χ4v) is 3.79. The molecule has 2 heterocycles. The lowest BCUT2D eigenvalue weighted by Crippen LogP contribution is -2.39. The Kier molecular flexibility index (Phi) is 3.50. The summed E-state index contributed by atoms with van der Waals surface area (Å²) in [5, 5.41) is 0.206. The van der Waals surface area contributed by atoms with E-state index in [1.165, 1.54) is 6.07 Å². The first-order valence-electron chi connectivity index (χ1n) is 5.29. The van der Waals surface area contributed by atoms with Gasteiger partial charge in [0.15, 0.2) is 0 Å². The average Bonchev–Trinajstić information content (AvgIpc) is 2.27. The molecule has 1 aliphatic heterocycles. The number of rotatable bonds is 1. The van der Waals surface area contributed by atoms with E-state index >= 15 is 0 Å². The minimum atomic E-state index is -1.82. The van der Waals surface area contributed by atoms with Gasteiger partial charge in [-0.2, -0.15) is 4.39 Å². The van der Waals surface area contributed by atoms with E-state index in [4.69, 9.17) is 11.6 Å². The third-order valence-electron chi connectivity index (χ3n) is 3.16. The Balaban J connectivity index is 2.43. The van der Waals surface area contributed by atoms with Crippen LogP contribution in [0.2, 0.25) is 5.02 Å². The monoisotopic (exact) mass is 279 g/mol. The van der Waals surface area contributed by atoms with E-state index in [0.717, 1.165) is 6.20 Å². The summed E-state index contributed by atoms with van der Waals surface area (Å²) in [5.41, 5.74) is -1.94. The van der Waals surface area contributed by atoms with Gasteiger partial charge in [0.2, 0.25) is 5.95 Å². The molecule has 3 atom stereocenters. The highest BCUT2D eigenvalue weighted by molar-refractivity contribution is 7.85. The number of nitrogens with zero attached hydrogens (tertiary/aromatic N) is 1. The summed E-state index contributed by atoms with van der Waals surface area (Å²) in [6, 6.07) is 1.27. The van der Waals surface area contributed by atoms with Gasteiger partial charge in [0, 0.05) is 40.0 Å². The minimum Gasteiger partial charge on any atom is -0.260 e. The Morgan fingerprint density at radius 3 is 3.00 bits per heavy atom. The Labute approximate surface area is 106 Å². The molecule has 6 heteroatoms. The van der Waals surface area contributed by atoms with Crippen molar-refractivity contribution in [2.45, 2.75) is 19.0 Å². The van der Waals surface area contributed by atoms with Crippen LogP contribution in [0.25, 0.3) is 0 Å². The van der Waals surface area contributed by atoms with Crippen molar-refractivity contribution in [3.05, 3.63) is 28.8 Å². The first kappa shape index (κ1) is 12.9. The Morgan fingerprint density at radius 1 is 1.65 bits per heavy atom. The molecular formula is C11H12ClF2NOS. The molecule has 1 aromatic heterocycles. The number of pyridine rings is 1. The van der Waals surface area contributed by atoms with Crippen molar-refractivity contribution in [1.82, 2.24) is 4.98 Å². The molecule has 0 spiro atoms. The standard InChI is InChI=1S/C11H12ClF2NOS/c1-7-6-17(16)3-2-11(7,14)9-4-8(12)5-15-10(9)13/h4-5,7H,2-3,6H2,1H3. The third-order valence-corrected chi connectivity index (χ3v) is 4.90. The third kappa shape index (κ3) is 2.36. The van der Waals surface area contributed by atoms with Crippen LogP contribution in [0.1, 0.15) is 18.9 Å². The first-order chi connectivity index (χ1) is 7.93. The summed E-state index contributed by atoms with van der Waals surface area (Å²) in [6.45, 7) is 1.64. The number of hydrogen-bond acceptors (Lipinski definition) is 2. The summed E-state index contributed by atoms with van der Waals surface area (Å²) < 4.78 is 39.8. The van der Waals surface area contributed by atoms with Gasteiger partial charge in [-0.3, -0.25) is 4.21 Å². The van der Waals surface area contributed by atoms with Crippen LogP contribution in [0.5, 0.6) is 0 Å². The maximum atomic E-state index is 14.8. The highest BCUT2D eigenvalue weighted by atomic mass is 35.5. The molecule has 1 fully saturated rings. The van der Waals surface area contributed by atoms with E-state index in [0.29, 0.717) is 0 Å². The zero-order valence-corrected chi connectivity index (χ0v) is 10.8. The van der Waals surface area contributed by atoms with Crippen molar-refractivity contribution >= 4 is 22.4 Å². The van der Waals surface area contributed by atoms with Crippen molar-refractivity contribution in [2.24, 2.45) is 5.92 Å². The normalized spacial score (nSPS) is 33.6. The van der Waals surface area contributed by atoms with Crippen LogP contribution >= 0.6 is 11.6 Å². The molecule has 0 amide bonds. The molecule has 1 aliphatic rings. The second-order valence-corrected chi connectivity index (χ2v) is 6.37. The van der Waals surface area contributed by atoms with Crippen molar-refractivity contribution in [2.75, 3.05) is 11.5 Å². The Morgan fingerprint density at radius 2 is 2.35 bits per heavy atom. The molecule has 0 aromatic carbocycles. The summed E-state index contributed by atoms with van der Waals surface area (Å²) in [7, 11) is -1.02. The number of alkyl halides is 1. The smallest absolute Gasteiger partial charge is 0.219 e. The van der Waals surface area contributed by atoms with Crippen molar-refractivity contribution in [3.8, 4) is 0 Å². The second kappa shape index (κ2) is 4.61. The average molecular weight is 280 g/mol. The van der Waals surface area contributed by atoms with E-state index in [1.807, 2.05) is 0 Å². The highest BCUT2D eigenvalue weighted by Gasteiger charge is 2.44. The van der Waals surface area contributed by atoms with Crippen molar-refractivity contribution in [1.29, 1.82) is 0 Å². The zero-order valence-electron chi connectivity index (χ0n) is 9.25. The van der Waals surface area contributed by atoms with Gasteiger partial charge in [-0.05, 0) is 12.5 Å². The SMILES string of the molecule is CC1CS(=O)CCC1(F)c1cc(Cl)cnc1F. The fraction of sp³-hybridized carbons (Fsp3) is 0.545. The molecule has 94 valence electrons. The molecule has 0 radical (unpaired) electrons. The highest BCUT2D eigenvalue weighted by Crippen LogP contribution is 2.42. The molecule has 2 rings (SSSR count). The van der Waals surface area contributed by atoms with Crippen LogP contribution in [0.4, 0.5) is 8.78 Å². The quantitative estimate of drug-likeness (QED) is 0.740. The van der Waals surface area contributed by atoms with Crippen LogP contribution in [0, 0.1) is 11.9 Å². The van der Waals surface area contributed by atoms with E-state index in [2.05, 4.69) is 4.98 Å². The molecule has 2 nitrogen and oxygen atoms in total. The zero-order chi connectivity index (χ0) is 12.6. The molecule has 1 aromatic rings. The van der Waals surface area contributed by atoms with Gasteiger partial charge in [-0.1, -0.05) is 18.5 Å². The van der Waals surface area contributed by atoms with Gasteiger partial charge in [0.25, 0.3) is 0 Å². The van der Waals surface area contributed by atoms with Gasteiger partial charge in [0.05, 0.1) is 5.02 Å². The van der Waals surface area contributed by atoms with Crippen molar-refractivity contribution in [3.63, 3.8) is 0 Å². The molecule has 3 unspecified atom stereocenters. The van der Waals surface area contributed by atoms with Gasteiger partial charge >= 0.3 is 0 Å². The first-order valence-corrected chi connectivity index (χ1v) is 7.15. The van der Waals surface area contributed by atoms with E-state index in [9.17, 15) is 13.0 Å². The Hall–Kier alpha value is -0.550. The second-order valence-electron chi connectivity index (χ2n) is 4.32. The van der Waals surface area contributed by atoms with Gasteiger partial charge in [0.1, 0.15) is 5.67 Å². The fourth-order valence-electron chi connectivity index (χ4n) is 2.12. The van der Waals surface area contributed by atoms with E-state index < -0.39 is 28.3 Å². The maximum Gasteiger partial charge on any atom is 0.219 e. The van der Waals surface area contributed by atoms with E-state index in [-0.39, 0.29) is 28.5 Å². The molecule has 1 saturated heterocycles. The topological polar surface area (TPSA) is 30.0 Å². The lowest BCUT2D eigenvalue weighted by Gasteiger charge is -2.35. The van der Waals surface area contributed by atoms with Crippen LogP contribution < -0.4 is 0 Å². The van der Waals surface area contributed by atoms with Crippen molar-refractivity contribution < 1.29 is 13.0 Å². The summed E-state index contributed by atoms with van der Waals surface area (Å²) >= 11 is 5.72. The lowest BCUT2D eigenvalue weighted by molar-refractivity contribution is 0.0858. The molecular weight excluding hydrogens is 268 g/mol. The van der Waals surface area contributed by atoms with Gasteiger partial charge < -0.3 is 0 Å². The largest absolute Gasteiger partial charge is 0.260 e. The van der Waals surface area contributed by atoms with Crippen LogP contribution in [-0.2, 0) is 16.5 Å². The maximum absolute atomic E-state index is 14.8. The molecule has 0 aliphatic carbocycles. The molecule has 17 heavy (non-hydrogen) atoms. The van der Waals surface area contributed by atoms with Crippen LogP contribution in [-0.4, -0.2) is 20.7 Å².